The smallest absolute Gasteiger partial charge is 0.117 e. The quantitative estimate of drug-likeness (QED) is 0.843. The number of rotatable bonds is 4. The van der Waals surface area contributed by atoms with Crippen LogP contribution in [0.1, 0.15) is 17.3 Å². The molecule has 1 aromatic carbocycles. The lowest BCUT2D eigenvalue weighted by Gasteiger charge is -2.15. The molecule has 0 saturated heterocycles. The first-order valence-electron chi connectivity index (χ1n) is 5.57. The maximum atomic E-state index is 5.88. The zero-order valence-electron chi connectivity index (χ0n) is 10.1. The Balaban J connectivity index is 2.32. The number of imidazole rings is 1. The molecule has 17 heavy (non-hydrogen) atoms. The third-order valence-corrected chi connectivity index (χ3v) is 3.67. The fourth-order valence-corrected chi connectivity index (χ4v) is 2.35. The van der Waals surface area contributed by atoms with Crippen molar-refractivity contribution in [3.63, 3.8) is 0 Å². The molecule has 3 nitrogen and oxygen atoms in total. The van der Waals surface area contributed by atoms with Crippen molar-refractivity contribution in [2.75, 3.05) is 12.8 Å². The summed E-state index contributed by atoms with van der Waals surface area (Å²) < 4.78 is 2.03. The van der Waals surface area contributed by atoms with Gasteiger partial charge < -0.3 is 10.3 Å². The van der Waals surface area contributed by atoms with E-state index >= 15 is 0 Å². The van der Waals surface area contributed by atoms with Crippen LogP contribution in [0, 0.1) is 0 Å². The first-order chi connectivity index (χ1) is 8.26. The van der Waals surface area contributed by atoms with Crippen molar-refractivity contribution in [3.05, 3.63) is 48.0 Å². The number of thioether (sulfide) groups is 1. The monoisotopic (exact) mass is 247 g/mol. The van der Waals surface area contributed by atoms with Gasteiger partial charge in [-0.15, -0.1) is 11.8 Å². The molecule has 2 aromatic rings. The molecule has 0 spiro atoms. The van der Waals surface area contributed by atoms with E-state index in [1.165, 1.54) is 10.5 Å². The fraction of sp³-hybridized carbons (Fsp3) is 0.308. The van der Waals surface area contributed by atoms with Gasteiger partial charge in [0.2, 0.25) is 0 Å². The normalized spacial score (nSPS) is 12.6. The van der Waals surface area contributed by atoms with Crippen LogP contribution in [0.3, 0.4) is 0 Å². The SMILES string of the molecule is CSc1ccc(C(CN)c2nccn2C)cc1. The molecule has 0 aliphatic rings. The summed E-state index contributed by atoms with van der Waals surface area (Å²) in [4.78, 5) is 5.65. The second kappa shape index (κ2) is 5.38. The van der Waals surface area contributed by atoms with Gasteiger partial charge in [-0.1, -0.05) is 12.1 Å². The van der Waals surface area contributed by atoms with E-state index in [2.05, 4.69) is 35.5 Å². The molecule has 1 unspecified atom stereocenters. The largest absolute Gasteiger partial charge is 0.337 e. The molecule has 4 heteroatoms. The fourth-order valence-electron chi connectivity index (χ4n) is 1.94. The summed E-state index contributed by atoms with van der Waals surface area (Å²) in [6.07, 6.45) is 5.84. The van der Waals surface area contributed by atoms with Crippen LogP contribution in [0.5, 0.6) is 0 Å². The van der Waals surface area contributed by atoms with Crippen molar-refractivity contribution in [1.82, 2.24) is 9.55 Å². The third kappa shape index (κ3) is 2.53. The Labute approximate surface area is 106 Å². The molecule has 90 valence electrons. The Morgan fingerprint density at radius 3 is 2.53 bits per heavy atom. The highest BCUT2D eigenvalue weighted by molar-refractivity contribution is 7.98. The van der Waals surface area contributed by atoms with E-state index in [1.807, 2.05) is 24.0 Å². The van der Waals surface area contributed by atoms with Gasteiger partial charge >= 0.3 is 0 Å². The van der Waals surface area contributed by atoms with E-state index in [-0.39, 0.29) is 5.92 Å². The Kier molecular flexibility index (Phi) is 3.86. The topological polar surface area (TPSA) is 43.8 Å². The summed E-state index contributed by atoms with van der Waals surface area (Å²) in [5.41, 5.74) is 7.10. The van der Waals surface area contributed by atoms with Gasteiger partial charge in [-0.2, -0.15) is 0 Å². The first-order valence-corrected chi connectivity index (χ1v) is 6.80. The van der Waals surface area contributed by atoms with Crippen LogP contribution in [0.4, 0.5) is 0 Å². The zero-order valence-corrected chi connectivity index (χ0v) is 10.9. The van der Waals surface area contributed by atoms with Gasteiger partial charge in [0.1, 0.15) is 5.82 Å². The van der Waals surface area contributed by atoms with Crippen LogP contribution in [0.15, 0.2) is 41.6 Å². The minimum Gasteiger partial charge on any atom is -0.337 e. The average Bonchev–Trinajstić information content (AvgIpc) is 2.78. The lowest BCUT2D eigenvalue weighted by Crippen LogP contribution is -2.17. The molecule has 1 aromatic heterocycles. The lowest BCUT2D eigenvalue weighted by molar-refractivity contribution is 0.698. The van der Waals surface area contributed by atoms with Gasteiger partial charge in [0.05, 0.1) is 5.92 Å². The molecule has 0 bridgehead atoms. The predicted molar refractivity (Wildman–Crippen MR) is 72.3 cm³/mol. The molecule has 0 amide bonds. The molecule has 0 fully saturated rings. The van der Waals surface area contributed by atoms with E-state index in [1.54, 1.807) is 11.8 Å². The van der Waals surface area contributed by atoms with Gasteiger partial charge in [-0.05, 0) is 24.0 Å². The Morgan fingerprint density at radius 2 is 2.06 bits per heavy atom. The number of aryl methyl sites for hydroxylation is 1. The van der Waals surface area contributed by atoms with E-state index in [0.29, 0.717) is 6.54 Å². The molecule has 2 rings (SSSR count). The van der Waals surface area contributed by atoms with Gasteiger partial charge in [-0.25, -0.2) is 4.98 Å². The summed E-state index contributed by atoms with van der Waals surface area (Å²) in [5, 5.41) is 0. The Bertz CT molecular complexity index is 476. The van der Waals surface area contributed by atoms with Crippen molar-refractivity contribution in [1.29, 1.82) is 0 Å². The van der Waals surface area contributed by atoms with E-state index in [4.69, 9.17) is 5.73 Å². The van der Waals surface area contributed by atoms with Gasteiger partial charge in [-0.3, -0.25) is 0 Å². The second-order valence-corrected chi connectivity index (χ2v) is 4.84. The van der Waals surface area contributed by atoms with Crippen LogP contribution in [-0.2, 0) is 7.05 Å². The lowest BCUT2D eigenvalue weighted by atomic mass is 9.98. The molecule has 1 heterocycles. The Hall–Kier alpha value is -1.26. The highest BCUT2D eigenvalue weighted by atomic mass is 32.2. The number of nitrogens with zero attached hydrogens (tertiary/aromatic N) is 2. The molecular weight excluding hydrogens is 230 g/mol. The first kappa shape index (κ1) is 12.2. The van der Waals surface area contributed by atoms with Crippen LogP contribution in [0.25, 0.3) is 0 Å². The maximum absolute atomic E-state index is 5.88. The van der Waals surface area contributed by atoms with Crippen LogP contribution in [-0.4, -0.2) is 22.4 Å². The third-order valence-electron chi connectivity index (χ3n) is 2.92. The average molecular weight is 247 g/mol. The molecule has 0 aliphatic heterocycles. The molecule has 1 atom stereocenters. The summed E-state index contributed by atoms with van der Waals surface area (Å²) >= 11 is 1.75. The molecule has 2 N–H and O–H groups in total. The van der Waals surface area contributed by atoms with Crippen LogP contribution >= 0.6 is 11.8 Å². The van der Waals surface area contributed by atoms with E-state index in [9.17, 15) is 0 Å². The number of hydrogen-bond donors (Lipinski definition) is 1. The minimum atomic E-state index is 0.172. The van der Waals surface area contributed by atoms with Gasteiger partial charge in [0, 0.05) is 30.9 Å². The highest BCUT2D eigenvalue weighted by Gasteiger charge is 2.16. The predicted octanol–water partition coefficient (Wildman–Crippen LogP) is 2.23. The summed E-state index contributed by atoms with van der Waals surface area (Å²) in [6, 6.07) is 8.54. The number of nitrogens with two attached hydrogens (primary N) is 1. The maximum Gasteiger partial charge on any atom is 0.117 e. The van der Waals surface area contributed by atoms with E-state index < -0.39 is 0 Å². The Morgan fingerprint density at radius 1 is 1.35 bits per heavy atom. The summed E-state index contributed by atoms with van der Waals surface area (Å²) in [7, 11) is 2.00. The highest BCUT2D eigenvalue weighted by Crippen LogP contribution is 2.24. The molecule has 0 saturated carbocycles. The number of hydrogen-bond acceptors (Lipinski definition) is 3. The van der Waals surface area contributed by atoms with Crippen LogP contribution in [0.2, 0.25) is 0 Å². The summed E-state index contributed by atoms with van der Waals surface area (Å²) in [5.74, 6) is 1.19. The van der Waals surface area contributed by atoms with Crippen molar-refractivity contribution >= 4 is 11.8 Å². The standard InChI is InChI=1S/C13H17N3S/c1-16-8-7-15-13(16)12(9-14)10-3-5-11(17-2)6-4-10/h3-8,12H,9,14H2,1-2H3. The molecule has 0 aliphatic carbocycles. The minimum absolute atomic E-state index is 0.172. The van der Waals surface area contributed by atoms with Crippen molar-refractivity contribution in [2.24, 2.45) is 12.8 Å². The van der Waals surface area contributed by atoms with E-state index in [0.717, 1.165) is 5.82 Å². The van der Waals surface area contributed by atoms with Crippen LogP contribution < -0.4 is 5.73 Å². The number of aromatic nitrogens is 2. The number of benzene rings is 1. The second-order valence-electron chi connectivity index (χ2n) is 3.96. The van der Waals surface area contributed by atoms with Crippen molar-refractivity contribution in [3.8, 4) is 0 Å². The van der Waals surface area contributed by atoms with Crippen molar-refractivity contribution in [2.45, 2.75) is 10.8 Å². The molecular formula is C13H17N3S. The summed E-state index contributed by atoms with van der Waals surface area (Å²) in [6.45, 7) is 0.573. The van der Waals surface area contributed by atoms with Gasteiger partial charge in [0.25, 0.3) is 0 Å². The molecule has 0 radical (unpaired) electrons. The zero-order chi connectivity index (χ0) is 12.3. The van der Waals surface area contributed by atoms with Gasteiger partial charge in [0.15, 0.2) is 0 Å². The van der Waals surface area contributed by atoms with Crippen molar-refractivity contribution < 1.29 is 0 Å².